The van der Waals surface area contributed by atoms with E-state index in [4.69, 9.17) is 28.4 Å². The first kappa shape index (κ1) is 39.0. The molecule has 0 spiro atoms. The van der Waals surface area contributed by atoms with E-state index in [-0.39, 0.29) is 44.8 Å². The van der Waals surface area contributed by atoms with Crippen molar-refractivity contribution >= 4 is 39.8 Å². The number of rotatable bonds is 13. The predicted octanol–water partition coefficient (Wildman–Crippen LogP) is 4.96. The number of benzene rings is 2. The van der Waals surface area contributed by atoms with Crippen molar-refractivity contribution in [3.8, 4) is 23.0 Å². The largest absolute Gasteiger partial charge is 0.497 e. The fourth-order valence-corrected chi connectivity index (χ4v) is 3.58. The van der Waals surface area contributed by atoms with Crippen LogP contribution in [-0.2, 0) is 39.8 Å². The molecule has 0 fully saturated rings. The van der Waals surface area contributed by atoms with Crippen molar-refractivity contribution in [1.82, 2.24) is 0 Å². The molecule has 240 valence electrons. The van der Waals surface area contributed by atoms with Crippen LogP contribution in [0.4, 0.5) is 0 Å². The number of methoxy groups -OCH3 is 4. The second-order valence-electron chi connectivity index (χ2n) is 7.85. The van der Waals surface area contributed by atoms with Crippen molar-refractivity contribution in [2.24, 2.45) is 0 Å². The van der Waals surface area contributed by atoms with Crippen molar-refractivity contribution < 1.29 is 57.1 Å². The molecule has 2 rings (SSSR count). The highest BCUT2D eigenvalue weighted by molar-refractivity contribution is 9.10. The lowest BCUT2D eigenvalue weighted by Crippen LogP contribution is -2.15. The summed E-state index contributed by atoms with van der Waals surface area (Å²) in [6, 6.07) is 8.75. The van der Waals surface area contributed by atoms with Gasteiger partial charge in [-0.2, -0.15) is 0 Å². The lowest BCUT2D eigenvalue weighted by atomic mass is 10.0. The summed E-state index contributed by atoms with van der Waals surface area (Å²) < 4.78 is 40.3. The molecule has 0 unspecified atom stereocenters. The summed E-state index contributed by atoms with van der Waals surface area (Å²) >= 11 is 3.34. The zero-order valence-electron chi connectivity index (χ0n) is 25.9. The summed E-state index contributed by atoms with van der Waals surface area (Å²) in [7, 11) is 6.18. The molecule has 2 aromatic rings. The van der Waals surface area contributed by atoms with Crippen LogP contribution in [0.15, 0.2) is 34.8 Å². The molecular formula is C30H41BrO12. The molecule has 0 heterocycles. The van der Waals surface area contributed by atoms with E-state index in [1.165, 1.54) is 14.2 Å². The normalized spacial score (nSPS) is 9.51. The number of hydrogen-bond acceptors (Lipinski definition) is 12. The Labute approximate surface area is 260 Å². The molecule has 0 aromatic heterocycles. The molecule has 0 aliphatic heterocycles. The minimum atomic E-state index is -0.545. The Morgan fingerprint density at radius 2 is 1.09 bits per heavy atom. The topological polar surface area (TPSA) is 142 Å². The lowest BCUT2D eigenvalue weighted by molar-refractivity contribution is -0.154. The van der Waals surface area contributed by atoms with Crippen LogP contribution >= 0.6 is 15.9 Å². The molecule has 43 heavy (non-hydrogen) atoms. The summed E-state index contributed by atoms with van der Waals surface area (Å²) in [6.07, 6.45) is -0.350. The second-order valence-corrected chi connectivity index (χ2v) is 8.71. The Bertz CT molecular complexity index is 1150. The van der Waals surface area contributed by atoms with Crippen LogP contribution in [0.25, 0.3) is 0 Å². The molecule has 0 saturated carbocycles. The molecule has 12 nitrogen and oxygen atoms in total. The van der Waals surface area contributed by atoms with E-state index in [9.17, 15) is 19.2 Å². The maximum Gasteiger partial charge on any atom is 0.342 e. The predicted molar refractivity (Wildman–Crippen MR) is 161 cm³/mol. The molecule has 0 radical (unpaired) electrons. The third-order valence-electron chi connectivity index (χ3n) is 4.99. The van der Waals surface area contributed by atoms with E-state index in [0.717, 1.165) is 16.0 Å². The molecule has 0 aliphatic rings. The molecule has 0 amide bonds. The van der Waals surface area contributed by atoms with Gasteiger partial charge in [-0.1, -0.05) is 0 Å². The Morgan fingerprint density at radius 3 is 1.56 bits per heavy atom. The fourth-order valence-electron chi connectivity index (χ4n) is 3.17. The molecule has 13 heteroatoms. The van der Waals surface area contributed by atoms with E-state index in [2.05, 4.69) is 25.4 Å². The van der Waals surface area contributed by atoms with Gasteiger partial charge in [0.1, 0.15) is 35.0 Å². The van der Waals surface area contributed by atoms with Crippen molar-refractivity contribution in [2.75, 3.05) is 54.9 Å². The van der Waals surface area contributed by atoms with Gasteiger partial charge >= 0.3 is 23.9 Å². The van der Waals surface area contributed by atoms with Crippen molar-refractivity contribution in [1.29, 1.82) is 0 Å². The summed E-state index contributed by atoms with van der Waals surface area (Å²) in [6.45, 7) is 7.87. The van der Waals surface area contributed by atoms with Gasteiger partial charge in [0.25, 0.3) is 0 Å². The van der Waals surface area contributed by atoms with E-state index in [1.54, 1.807) is 54.0 Å². The van der Waals surface area contributed by atoms with E-state index in [0.29, 0.717) is 17.1 Å². The van der Waals surface area contributed by atoms with Gasteiger partial charge in [-0.25, -0.2) is 4.79 Å². The molecule has 0 N–H and O–H groups in total. The van der Waals surface area contributed by atoms with Crippen LogP contribution in [0.3, 0.4) is 0 Å². The number of carbonyl (C=O) groups is 4. The minimum Gasteiger partial charge on any atom is -0.497 e. The minimum absolute atomic E-state index is 0.0600. The Morgan fingerprint density at radius 1 is 0.605 bits per heavy atom. The number of esters is 4. The standard InChI is InChI=1S/C15H20O6.C8H9BrO2.C7H12O4/c1-5-20-13(16)8-10-7-11(18-3)9-12(19-4)14(10)15(17)21-6-2;1-10-6-3-4-7(9)8(5-6)11-2;1-3-10-6(8)5-7(9)11-4-2/h7,9H,5-6,8H2,1-4H3;3-5H,1-2H3;3-5H2,1-2H3. The van der Waals surface area contributed by atoms with Crippen molar-refractivity contribution in [3.63, 3.8) is 0 Å². The van der Waals surface area contributed by atoms with Gasteiger partial charge in [-0.15, -0.1) is 0 Å². The van der Waals surface area contributed by atoms with Crippen molar-refractivity contribution in [2.45, 2.75) is 40.5 Å². The number of ether oxygens (including phenoxy) is 8. The number of hydrogen-bond donors (Lipinski definition) is 0. The lowest BCUT2D eigenvalue weighted by Gasteiger charge is -2.14. The van der Waals surface area contributed by atoms with Crippen molar-refractivity contribution in [3.05, 3.63) is 45.9 Å². The average Bonchev–Trinajstić information content (AvgIpc) is 2.98. The van der Waals surface area contributed by atoms with E-state index < -0.39 is 23.9 Å². The molecule has 0 bridgehead atoms. The van der Waals surface area contributed by atoms with Gasteiger partial charge in [-0.05, 0) is 67.4 Å². The van der Waals surface area contributed by atoms with Crippen LogP contribution in [-0.4, -0.2) is 78.7 Å². The SMILES string of the molecule is CCOC(=O)CC(=O)OCC.CCOC(=O)Cc1cc(OC)cc(OC)c1C(=O)OCC.COc1ccc(Br)c(OC)c1. The van der Waals surface area contributed by atoms with Crippen LogP contribution in [0.1, 0.15) is 50.0 Å². The van der Waals surface area contributed by atoms with E-state index >= 15 is 0 Å². The average molecular weight is 674 g/mol. The van der Waals surface area contributed by atoms with Gasteiger partial charge in [0.15, 0.2) is 0 Å². The van der Waals surface area contributed by atoms with Crippen LogP contribution in [0, 0.1) is 0 Å². The fraction of sp³-hybridized carbons (Fsp3) is 0.467. The maximum absolute atomic E-state index is 12.1. The molecule has 0 aliphatic carbocycles. The highest BCUT2D eigenvalue weighted by Gasteiger charge is 2.22. The Balaban J connectivity index is 0.000000677. The first-order valence-electron chi connectivity index (χ1n) is 13.3. The highest BCUT2D eigenvalue weighted by Crippen LogP contribution is 2.30. The Kier molecular flexibility index (Phi) is 20.5. The molecule has 0 atom stereocenters. The summed E-state index contributed by atoms with van der Waals surface area (Å²) in [4.78, 5) is 45.0. The third kappa shape index (κ3) is 15.2. The van der Waals surface area contributed by atoms with Gasteiger partial charge in [0.05, 0.1) is 65.8 Å². The zero-order valence-corrected chi connectivity index (χ0v) is 27.5. The maximum atomic E-state index is 12.1. The van der Waals surface area contributed by atoms with Gasteiger partial charge in [0.2, 0.25) is 0 Å². The van der Waals surface area contributed by atoms with Crippen LogP contribution < -0.4 is 18.9 Å². The number of halogens is 1. The van der Waals surface area contributed by atoms with Gasteiger partial charge in [-0.3, -0.25) is 14.4 Å². The highest BCUT2D eigenvalue weighted by atomic mass is 79.9. The quantitative estimate of drug-likeness (QED) is 0.161. The monoisotopic (exact) mass is 672 g/mol. The Hall–Kier alpha value is -4.00. The second kappa shape index (κ2) is 22.6. The van der Waals surface area contributed by atoms with Crippen LogP contribution in [0.5, 0.6) is 23.0 Å². The zero-order chi connectivity index (χ0) is 32.8. The van der Waals surface area contributed by atoms with Gasteiger partial charge < -0.3 is 37.9 Å². The van der Waals surface area contributed by atoms with Gasteiger partial charge in [0, 0.05) is 12.1 Å². The summed E-state index contributed by atoms with van der Waals surface area (Å²) in [5.74, 6) is 0.312. The number of carbonyl (C=O) groups excluding carboxylic acids is 4. The summed E-state index contributed by atoms with van der Waals surface area (Å²) in [5, 5.41) is 0. The first-order valence-corrected chi connectivity index (χ1v) is 14.1. The van der Waals surface area contributed by atoms with Crippen LogP contribution in [0.2, 0.25) is 0 Å². The molecular weight excluding hydrogens is 632 g/mol. The first-order chi connectivity index (χ1) is 20.5. The third-order valence-corrected chi connectivity index (χ3v) is 5.65. The molecule has 2 aromatic carbocycles. The molecule has 0 saturated heterocycles. The summed E-state index contributed by atoms with van der Waals surface area (Å²) in [5.41, 5.74) is 0.663. The van der Waals surface area contributed by atoms with E-state index in [1.807, 2.05) is 18.2 Å². The smallest absolute Gasteiger partial charge is 0.342 e.